The third-order valence-electron chi connectivity index (χ3n) is 1.69. The van der Waals surface area contributed by atoms with E-state index in [0.29, 0.717) is 0 Å². The standard InChI is InChI=1S/C8H2Cl4O4.CH4.I2/c9-3-1(7(13)14)4(10)6(12)2(5(3)11)8(15)16;;1-2/h(H,13,14)(H,15,16);1H4;. The second-order valence-corrected chi connectivity index (χ2v) is 4.13. The quantitative estimate of drug-likeness (QED) is 0.331. The van der Waals surface area contributed by atoms with Crippen molar-refractivity contribution in [2.24, 2.45) is 0 Å². The zero-order valence-electron chi connectivity index (χ0n) is 7.98. The molecule has 1 rings (SSSR count). The summed E-state index contributed by atoms with van der Waals surface area (Å²) in [7, 11) is 0. The molecule has 0 aromatic heterocycles. The van der Waals surface area contributed by atoms with Crippen LogP contribution in [0.2, 0.25) is 20.1 Å². The summed E-state index contributed by atoms with van der Waals surface area (Å²) >= 11 is 26.6. The second-order valence-electron chi connectivity index (χ2n) is 2.62. The minimum atomic E-state index is -1.45. The Balaban J connectivity index is 0. The van der Waals surface area contributed by atoms with Gasteiger partial charge in [-0.05, 0) is 0 Å². The Hall–Kier alpha value is 0.780. The highest BCUT2D eigenvalue weighted by molar-refractivity contribution is 15.0. The normalized spacial score (nSPS) is 8.95. The monoisotopic (exact) mass is 572 g/mol. The molecule has 19 heavy (non-hydrogen) atoms. The van der Waals surface area contributed by atoms with Crippen LogP contribution in [0.1, 0.15) is 28.1 Å². The van der Waals surface area contributed by atoms with E-state index in [1.54, 1.807) is 0 Å². The van der Waals surface area contributed by atoms with Crippen LogP contribution < -0.4 is 0 Å². The van der Waals surface area contributed by atoms with Crippen molar-refractivity contribution in [2.45, 2.75) is 7.43 Å². The summed E-state index contributed by atoms with van der Waals surface area (Å²) < 4.78 is 0. The number of hydrogen-bond donors (Lipinski definition) is 2. The molecule has 108 valence electrons. The van der Waals surface area contributed by atoms with Crippen LogP contribution in [0.15, 0.2) is 0 Å². The number of benzene rings is 1. The first kappa shape index (κ1) is 22.1. The molecule has 0 aliphatic carbocycles. The summed E-state index contributed by atoms with van der Waals surface area (Å²) in [5.41, 5.74) is -1.05. The van der Waals surface area contributed by atoms with Crippen LogP contribution in [0.4, 0.5) is 0 Å². The lowest BCUT2D eigenvalue weighted by Crippen LogP contribution is -2.06. The molecular formula is C9H6Cl4I2O4. The van der Waals surface area contributed by atoms with Gasteiger partial charge in [-0.3, -0.25) is 0 Å². The fourth-order valence-electron chi connectivity index (χ4n) is 1.01. The van der Waals surface area contributed by atoms with Crippen LogP contribution in [-0.4, -0.2) is 22.2 Å². The molecule has 0 spiro atoms. The highest BCUT2D eigenvalue weighted by Crippen LogP contribution is 2.41. The van der Waals surface area contributed by atoms with Crippen LogP contribution in [-0.2, 0) is 0 Å². The Bertz CT molecular complexity index is 433. The van der Waals surface area contributed by atoms with Gasteiger partial charge in [-0.25, -0.2) is 9.59 Å². The van der Waals surface area contributed by atoms with Crippen molar-refractivity contribution < 1.29 is 19.8 Å². The molecule has 0 aliphatic rings. The first-order valence-corrected chi connectivity index (χ1v) is 11.6. The minimum Gasteiger partial charge on any atom is -0.478 e. The summed E-state index contributed by atoms with van der Waals surface area (Å²) in [5, 5.41) is 15.8. The van der Waals surface area contributed by atoms with E-state index in [9.17, 15) is 9.59 Å². The third-order valence-corrected chi connectivity index (χ3v) is 3.40. The molecular weight excluding hydrogens is 568 g/mol. The van der Waals surface area contributed by atoms with Gasteiger partial charge in [0.15, 0.2) is 0 Å². The van der Waals surface area contributed by atoms with Crippen LogP contribution >= 0.6 is 83.6 Å². The lowest BCUT2D eigenvalue weighted by atomic mass is 10.1. The van der Waals surface area contributed by atoms with Gasteiger partial charge in [0.25, 0.3) is 0 Å². The van der Waals surface area contributed by atoms with Crippen molar-refractivity contribution in [2.75, 3.05) is 0 Å². The van der Waals surface area contributed by atoms with E-state index in [1.807, 2.05) is 0 Å². The number of carboxylic acid groups (broad SMARTS) is 2. The van der Waals surface area contributed by atoms with E-state index >= 15 is 0 Å². The molecule has 0 fully saturated rings. The van der Waals surface area contributed by atoms with Crippen LogP contribution in [0.3, 0.4) is 0 Å². The molecule has 1 aromatic carbocycles. The summed E-state index contributed by atoms with van der Waals surface area (Å²) in [5.74, 6) is -2.90. The second kappa shape index (κ2) is 9.67. The van der Waals surface area contributed by atoms with Crippen LogP contribution in [0.25, 0.3) is 0 Å². The predicted octanol–water partition coefficient (Wildman–Crippen LogP) is 6.10. The molecule has 10 heteroatoms. The molecule has 0 radical (unpaired) electrons. The maximum Gasteiger partial charge on any atom is 0.338 e. The van der Waals surface area contributed by atoms with Gasteiger partial charge in [-0.2, -0.15) is 0 Å². The van der Waals surface area contributed by atoms with Gasteiger partial charge in [-0.15, -0.1) is 0 Å². The molecule has 0 saturated heterocycles. The van der Waals surface area contributed by atoms with Crippen molar-refractivity contribution in [3.8, 4) is 0 Å². The molecule has 0 unspecified atom stereocenters. The van der Waals surface area contributed by atoms with Gasteiger partial charge < -0.3 is 10.2 Å². The van der Waals surface area contributed by atoms with E-state index in [1.165, 1.54) is 0 Å². The Morgan fingerprint density at radius 2 is 0.895 bits per heavy atom. The van der Waals surface area contributed by atoms with Crippen molar-refractivity contribution in [1.29, 1.82) is 0 Å². The van der Waals surface area contributed by atoms with E-state index in [4.69, 9.17) is 56.6 Å². The highest BCUT2D eigenvalue weighted by atomic mass is 128. The number of aromatic carboxylic acids is 2. The summed E-state index contributed by atoms with van der Waals surface area (Å²) in [6.45, 7) is 0. The summed E-state index contributed by atoms with van der Waals surface area (Å²) in [4.78, 5) is 21.6. The maximum atomic E-state index is 10.8. The van der Waals surface area contributed by atoms with Crippen molar-refractivity contribution in [3.05, 3.63) is 31.2 Å². The van der Waals surface area contributed by atoms with Crippen molar-refractivity contribution in [1.82, 2.24) is 0 Å². The summed E-state index contributed by atoms with van der Waals surface area (Å²) in [6.07, 6.45) is 0. The average Bonchev–Trinajstić information content (AvgIpc) is 2.29. The molecule has 1 aromatic rings. The Morgan fingerprint density at radius 3 is 1.00 bits per heavy atom. The Morgan fingerprint density at radius 1 is 0.737 bits per heavy atom. The number of hydrogen-bond acceptors (Lipinski definition) is 2. The highest BCUT2D eigenvalue weighted by Gasteiger charge is 2.27. The zero-order chi connectivity index (χ0) is 14.6. The smallest absolute Gasteiger partial charge is 0.338 e. The van der Waals surface area contributed by atoms with Crippen LogP contribution in [0, 0.1) is 0 Å². The molecule has 0 heterocycles. The van der Waals surface area contributed by atoms with E-state index < -0.39 is 43.2 Å². The minimum absolute atomic E-state index is 0. The van der Waals surface area contributed by atoms with Gasteiger partial charge in [0.1, 0.15) is 0 Å². The van der Waals surface area contributed by atoms with Crippen molar-refractivity contribution in [3.63, 3.8) is 0 Å². The number of halogens is 6. The van der Waals surface area contributed by atoms with Gasteiger partial charge in [0.05, 0.1) is 31.2 Å². The first-order chi connectivity index (χ1) is 8.29. The van der Waals surface area contributed by atoms with E-state index in [0.717, 1.165) is 0 Å². The third kappa shape index (κ3) is 4.92. The Kier molecular flexibility index (Phi) is 11.2. The van der Waals surface area contributed by atoms with Gasteiger partial charge in [-0.1, -0.05) is 53.8 Å². The largest absolute Gasteiger partial charge is 0.478 e. The average molecular weight is 574 g/mol. The summed E-state index contributed by atoms with van der Waals surface area (Å²) in [6, 6.07) is 0. The number of carboxylic acids is 2. The maximum absolute atomic E-state index is 10.8. The molecule has 2 N–H and O–H groups in total. The molecule has 4 nitrogen and oxygen atoms in total. The van der Waals surface area contributed by atoms with Gasteiger partial charge >= 0.3 is 11.9 Å². The predicted molar refractivity (Wildman–Crippen MR) is 95.2 cm³/mol. The van der Waals surface area contributed by atoms with Crippen LogP contribution in [0.5, 0.6) is 0 Å². The first-order valence-electron chi connectivity index (χ1n) is 3.75. The zero-order valence-corrected chi connectivity index (χ0v) is 15.3. The molecule has 0 bridgehead atoms. The van der Waals surface area contributed by atoms with Gasteiger partial charge in [0.2, 0.25) is 0 Å². The molecule has 0 atom stereocenters. The lowest BCUT2D eigenvalue weighted by Gasteiger charge is -2.10. The Labute approximate surface area is 152 Å². The fourth-order valence-corrected chi connectivity index (χ4v) is 2.18. The van der Waals surface area contributed by atoms with Crippen molar-refractivity contribution >= 4 is 95.6 Å². The molecule has 0 amide bonds. The lowest BCUT2D eigenvalue weighted by molar-refractivity contribution is 0.0681. The van der Waals surface area contributed by atoms with E-state index in [-0.39, 0.29) is 7.43 Å². The SMILES string of the molecule is C.II.O=C(O)c1c(Cl)c(Cl)c(C(=O)O)c(Cl)c1Cl. The molecule has 0 aliphatic heterocycles. The number of rotatable bonds is 2. The number of carbonyl (C=O) groups is 2. The topological polar surface area (TPSA) is 74.6 Å². The van der Waals surface area contributed by atoms with Gasteiger partial charge in [0, 0.05) is 37.2 Å². The van der Waals surface area contributed by atoms with E-state index in [2.05, 4.69) is 37.2 Å². The fraction of sp³-hybridized carbons (Fsp3) is 0.111. The molecule has 0 saturated carbocycles.